The molecule has 0 bridgehead atoms. The number of hydrogen-bond acceptors (Lipinski definition) is 4. The van der Waals surface area contributed by atoms with Crippen LogP contribution in [0.5, 0.6) is 11.5 Å². The average Bonchev–Trinajstić information content (AvgIpc) is 3.06. The Hall–Kier alpha value is -1.55. The molecule has 0 saturated carbocycles. The minimum atomic E-state index is 0.175. The Morgan fingerprint density at radius 1 is 1.26 bits per heavy atom. The number of ether oxygens (including phenoxy) is 2. The molecule has 0 aromatic heterocycles. The average molecular weight is 261 g/mol. The molecule has 0 aliphatic carbocycles. The maximum atomic E-state index is 11.5. The Balaban J connectivity index is 1.87. The minimum absolute atomic E-state index is 0.175. The fraction of sp³-hybridized carbons (Fsp3) is 0.533. The minimum Gasteiger partial charge on any atom is -0.454 e. The van der Waals surface area contributed by atoms with E-state index >= 15 is 0 Å². The highest BCUT2D eigenvalue weighted by Crippen LogP contribution is 2.37. The van der Waals surface area contributed by atoms with Gasteiger partial charge in [0.25, 0.3) is 0 Å². The molecule has 2 heterocycles. The van der Waals surface area contributed by atoms with Crippen LogP contribution in [0.4, 0.5) is 0 Å². The summed E-state index contributed by atoms with van der Waals surface area (Å²) in [5.41, 5.74) is 1.15. The van der Waals surface area contributed by atoms with Gasteiger partial charge in [-0.2, -0.15) is 0 Å². The second-order valence-electron chi connectivity index (χ2n) is 5.28. The summed E-state index contributed by atoms with van der Waals surface area (Å²) in [6.45, 7) is 4.11. The van der Waals surface area contributed by atoms with Gasteiger partial charge >= 0.3 is 0 Å². The molecule has 1 unspecified atom stereocenters. The molecule has 0 N–H and O–H groups in total. The first-order valence-electron chi connectivity index (χ1n) is 6.87. The molecule has 4 heteroatoms. The van der Waals surface area contributed by atoms with Crippen molar-refractivity contribution < 1.29 is 14.3 Å². The summed E-state index contributed by atoms with van der Waals surface area (Å²) in [6.07, 6.45) is 3.01. The Bertz CT molecular complexity index is 480. The number of likely N-dealkylation sites (tertiary alicyclic amines) is 1. The molecule has 0 amide bonds. The number of Topliss-reactive ketones (excluding diaryl/α,β-unsaturated/α-hetero) is 1. The summed E-state index contributed by atoms with van der Waals surface area (Å²) in [7, 11) is 0. The van der Waals surface area contributed by atoms with Crippen LogP contribution in [0.25, 0.3) is 0 Å². The van der Waals surface area contributed by atoms with Crippen LogP contribution in [-0.4, -0.2) is 30.6 Å². The van der Waals surface area contributed by atoms with Gasteiger partial charge in [-0.05, 0) is 50.6 Å². The lowest BCUT2D eigenvalue weighted by Crippen LogP contribution is -2.27. The molecule has 0 radical (unpaired) electrons. The number of rotatable bonds is 4. The van der Waals surface area contributed by atoms with Gasteiger partial charge in [0, 0.05) is 12.5 Å². The largest absolute Gasteiger partial charge is 0.454 e. The van der Waals surface area contributed by atoms with E-state index in [1.54, 1.807) is 6.92 Å². The molecule has 1 saturated heterocycles. The summed E-state index contributed by atoms with van der Waals surface area (Å²) in [5, 5.41) is 0. The van der Waals surface area contributed by atoms with E-state index < -0.39 is 0 Å². The molecule has 1 aromatic carbocycles. The van der Waals surface area contributed by atoms with E-state index in [9.17, 15) is 4.79 Å². The second kappa shape index (κ2) is 5.21. The van der Waals surface area contributed by atoms with Crippen LogP contribution in [0.1, 0.15) is 37.8 Å². The molecule has 19 heavy (non-hydrogen) atoms. The van der Waals surface area contributed by atoms with Gasteiger partial charge in [0.2, 0.25) is 6.79 Å². The molecule has 2 aliphatic heterocycles. The Labute approximate surface area is 113 Å². The predicted molar refractivity (Wildman–Crippen MR) is 71.4 cm³/mol. The first kappa shape index (κ1) is 12.5. The van der Waals surface area contributed by atoms with E-state index in [2.05, 4.69) is 11.0 Å². The second-order valence-corrected chi connectivity index (χ2v) is 5.28. The fourth-order valence-corrected chi connectivity index (χ4v) is 2.90. The third-order valence-corrected chi connectivity index (χ3v) is 3.84. The van der Waals surface area contributed by atoms with E-state index in [-0.39, 0.29) is 11.8 Å². The molecule has 1 aromatic rings. The molecular formula is C15H19NO3. The highest BCUT2D eigenvalue weighted by Gasteiger charge is 2.26. The molecule has 4 nitrogen and oxygen atoms in total. The first-order chi connectivity index (χ1) is 9.24. The highest BCUT2D eigenvalue weighted by molar-refractivity contribution is 5.76. The first-order valence-corrected chi connectivity index (χ1v) is 6.87. The normalized spacial score (nSPS) is 19.6. The molecule has 1 atom stereocenters. The summed E-state index contributed by atoms with van der Waals surface area (Å²) in [6, 6.07) is 6.20. The maximum absolute atomic E-state index is 11.5. The standard InChI is InChI=1S/C15H19NO3/c1-11(17)8-13(16-6-2-3-7-16)12-4-5-14-15(9-12)19-10-18-14/h4-5,9,13H,2-3,6-8,10H2,1H3. The summed E-state index contributed by atoms with van der Waals surface area (Å²) in [4.78, 5) is 13.9. The van der Waals surface area contributed by atoms with Crippen molar-refractivity contribution >= 4 is 5.78 Å². The van der Waals surface area contributed by atoms with E-state index in [1.807, 2.05) is 12.1 Å². The van der Waals surface area contributed by atoms with Gasteiger partial charge < -0.3 is 9.47 Å². The van der Waals surface area contributed by atoms with Crippen LogP contribution < -0.4 is 9.47 Å². The number of benzene rings is 1. The Kier molecular flexibility index (Phi) is 3.42. The van der Waals surface area contributed by atoms with E-state index in [0.717, 1.165) is 30.2 Å². The lowest BCUT2D eigenvalue weighted by molar-refractivity contribution is -0.118. The van der Waals surface area contributed by atoms with Crippen molar-refractivity contribution in [3.8, 4) is 11.5 Å². The number of carbonyl (C=O) groups is 1. The van der Waals surface area contributed by atoms with E-state index in [1.165, 1.54) is 12.8 Å². The number of carbonyl (C=O) groups excluding carboxylic acids is 1. The van der Waals surface area contributed by atoms with Crippen LogP contribution in [0, 0.1) is 0 Å². The van der Waals surface area contributed by atoms with Crippen LogP contribution in [0.2, 0.25) is 0 Å². The molecule has 1 fully saturated rings. The molecular weight excluding hydrogens is 242 g/mol. The zero-order chi connectivity index (χ0) is 13.2. The number of hydrogen-bond donors (Lipinski definition) is 0. The van der Waals surface area contributed by atoms with Crippen molar-refractivity contribution in [2.24, 2.45) is 0 Å². The van der Waals surface area contributed by atoms with E-state index in [4.69, 9.17) is 9.47 Å². The van der Waals surface area contributed by atoms with Gasteiger partial charge in [-0.25, -0.2) is 0 Å². The van der Waals surface area contributed by atoms with E-state index in [0.29, 0.717) is 13.2 Å². The zero-order valence-corrected chi connectivity index (χ0v) is 11.2. The summed E-state index contributed by atoms with van der Waals surface area (Å²) >= 11 is 0. The zero-order valence-electron chi connectivity index (χ0n) is 11.2. The summed E-state index contributed by atoms with van der Waals surface area (Å²) in [5.74, 6) is 1.83. The van der Waals surface area contributed by atoms with Gasteiger partial charge in [0.15, 0.2) is 11.5 Å². The monoisotopic (exact) mass is 261 g/mol. The van der Waals surface area contributed by atoms with Crippen LogP contribution in [0.15, 0.2) is 18.2 Å². The maximum Gasteiger partial charge on any atom is 0.231 e. The number of ketones is 1. The van der Waals surface area contributed by atoms with Gasteiger partial charge in [-0.3, -0.25) is 9.69 Å². The van der Waals surface area contributed by atoms with Crippen molar-refractivity contribution in [3.63, 3.8) is 0 Å². The smallest absolute Gasteiger partial charge is 0.231 e. The Morgan fingerprint density at radius 3 is 2.74 bits per heavy atom. The molecule has 0 spiro atoms. The van der Waals surface area contributed by atoms with Crippen molar-refractivity contribution in [1.29, 1.82) is 0 Å². The van der Waals surface area contributed by atoms with Gasteiger partial charge in [0.1, 0.15) is 5.78 Å². The lowest BCUT2D eigenvalue weighted by atomic mass is 10.00. The molecule has 3 rings (SSSR count). The predicted octanol–water partition coefficient (Wildman–Crippen LogP) is 2.53. The highest BCUT2D eigenvalue weighted by atomic mass is 16.7. The van der Waals surface area contributed by atoms with Gasteiger partial charge in [0.05, 0.1) is 0 Å². The topological polar surface area (TPSA) is 38.8 Å². The third-order valence-electron chi connectivity index (χ3n) is 3.84. The van der Waals surface area contributed by atoms with Gasteiger partial charge in [-0.15, -0.1) is 0 Å². The SMILES string of the molecule is CC(=O)CC(c1ccc2c(c1)OCO2)N1CCCC1. The Morgan fingerprint density at radius 2 is 2.00 bits per heavy atom. The molecule has 2 aliphatic rings. The van der Waals surface area contributed by atoms with Crippen LogP contribution >= 0.6 is 0 Å². The van der Waals surface area contributed by atoms with Crippen LogP contribution in [-0.2, 0) is 4.79 Å². The molecule has 102 valence electrons. The van der Waals surface area contributed by atoms with Crippen molar-refractivity contribution in [2.45, 2.75) is 32.2 Å². The lowest BCUT2D eigenvalue weighted by Gasteiger charge is -2.27. The van der Waals surface area contributed by atoms with Gasteiger partial charge in [-0.1, -0.05) is 6.07 Å². The van der Waals surface area contributed by atoms with Crippen molar-refractivity contribution in [1.82, 2.24) is 4.90 Å². The fourth-order valence-electron chi connectivity index (χ4n) is 2.90. The number of nitrogens with zero attached hydrogens (tertiary/aromatic N) is 1. The third kappa shape index (κ3) is 2.59. The van der Waals surface area contributed by atoms with Crippen molar-refractivity contribution in [2.75, 3.05) is 19.9 Å². The quantitative estimate of drug-likeness (QED) is 0.835. The summed E-state index contributed by atoms with van der Waals surface area (Å²) < 4.78 is 10.8. The number of fused-ring (bicyclic) bond motifs is 1. The van der Waals surface area contributed by atoms with Crippen molar-refractivity contribution in [3.05, 3.63) is 23.8 Å². The van der Waals surface area contributed by atoms with Crippen LogP contribution in [0.3, 0.4) is 0 Å².